The summed E-state index contributed by atoms with van der Waals surface area (Å²) in [5.41, 5.74) is -1.31. The highest BCUT2D eigenvalue weighted by Crippen LogP contribution is 2.35. The van der Waals surface area contributed by atoms with E-state index in [1.807, 2.05) is 13.8 Å². The molecule has 1 unspecified atom stereocenters. The number of amides is 1. The Labute approximate surface area is 138 Å². The summed E-state index contributed by atoms with van der Waals surface area (Å²) in [6.45, 7) is 3.79. The average Bonchev–Trinajstić information content (AvgIpc) is 2.38. The number of alkyl halides is 4. The lowest BCUT2D eigenvalue weighted by atomic mass is 9.95. The molecule has 0 aromatic heterocycles. The van der Waals surface area contributed by atoms with E-state index < -0.39 is 23.2 Å². The number of nitrogens with one attached hydrogen (secondary N) is 1. The number of rotatable bonds is 5. The van der Waals surface area contributed by atoms with E-state index >= 15 is 0 Å². The SMILES string of the molecule is CCC(C)(CCBr)NC(=O)c1ccc(Br)c(C(F)(F)F)c1. The largest absolute Gasteiger partial charge is 0.417 e. The van der Waals surface area contributed by atoms with Gasteiger partial charge in [-0.3, -0.25) is 4.79 Å². The van der Waals surface area contributed by atoms with E-state index in [4.69, 9.17) is 0 Å². The van der Waals surface area contributed by atoms with Crippen LogP contribution in [0.15, 0.2) is 22.7 Å². The Balaban J connectivity index is 3.04. The maximum Gasteiger partial charge on any atom is 0.417 e. The second kappa shape index (κ2) is 7.13. The zero-order valence-electron chi connectivity index (χ0n) is 11.7. The smallest absolute Gasteiger partial charge is 0.347 e. The third kappa shape index (κ3) is 4.98. The standard InChI is InChI=1S/C14H16Br2F3NO/c1-3-13(2,6-7-15)20-12(21)9-4-5-11(16)10(8-9)14(17,18)19/h4-5,8H,3,6-7H2,1-2H3,(H,20,21). The molecule has 7 heteroatoms. The number of hydrogen-bond acceptors (Lipinski definition) is 1. The predicted molar refractivity (Wildman–Crippen MR) is 83.7 cm³/mol. The van der Waals surface area contributed by atoms with Crippen molar-refractivity contribution < 1.29 is 18.0 Å². The second-order valence-electron chi connectivity index (χ2n) is 5.00. The van der Waals surface area contributed by atoms with Crippen molar-refractivity contribution in [3.8, 4) is 0 Å². The third-order valence-electron chi connectivity index (χ3n) is 3.38. The van der Waals surface area contributed by atoms with Gasteiger partial charge in [-0.1, -0.05) is 38.8 Å². The summed E-state index contributed by atoms with van der Waals surface area (Å²) in [6.07, 6.45) is -3.12. The summed E-state index contributed by atoms with van der Waals surface area (Å²) >= 11 is 6.17. The molecule has 2 nitrogen and oxygen atoms in total. The topological polar surface area (TPSA) is 29.1 Å². The Hall–Kier alpha value is -0.560. The van der Waals surface area contributed by atoms with Gasteiger partial charge in [0, 0.05) is 20.9 Å². The molecule has 1 amide bonds. The van der Waals surface area contributed by atoms with Crippen LogP contribution < -0.4 is 5.32 Å². The number of hydrogen-bond donors (Lipinski definition) is 1. The molecule has 0 aliphatic carbocycles. The number of benzene rings is 1. The zero-order chi connectivity index (χ0) is 16.3. The van der Waals surface area contributed by atoms with Gasteiger partial charge in [0.05, 0.1) is 5.56 Å². The van der Waals surface area contributed by atoms with Crippen LogP contribution in [-0.2, 0) is 6.18 Å². The molecule has 0 spiro atoms. The Bertz CT molecular complexity index is 519. The molecule has 0 saturated carbocycles. The first-order valence-electron chi connectivity index (χ1n) is 6.38. The van der Waals surface area contributed by atoms with Gasteiger partial charge in [0.25, 0.3) is 5.91 Å². The van der Waals surface area contributed by atoms with Crippen LogP contribution in [0.4, 0.5) is 13.2 Å². The minimum atomic E-state index is -4.50. The van der Waals surface area contributed by atoms with Gasteiger partial charge in [0.15, 0.2) is 0 Å². The van der Waals surface area contributed by atoms with Crippen LogP contribution in [0, 0.1) is 0 Å². The lowest BCUT2D eigenvalue weighted by Crippen LogP contribution is -2.45. The Kier molecular flexibility index (Phi) is 6.28. The van der Waals surface area contributed by atoms with E-state index in [-0.39, 0.29) is 10.0 Å². The van der Waals surface area contributed by atoms with Crippen molar-refractivity contribution in [2.75, 3.05) is 5.33 Å². The molecule has 118 valence electrons. The molecule has 0 bridgehead atoms. The zero-order valence-corrected chi connectivity index (χ0v) is 14.8. The van der Waals surface area contributed by atoms with Crippen LogP contribution in [0.5, 0.6) is 0 Å². The Morgan fingerprint density at radius 1 is 1.33 bits per heavy atom. The molecule has 0 radical (unpaired) electrons. The van der Waals surface area contributed by atoms with Gasteiger partial charge in [-0.2, -0.15) is 13.2 Å². The number of carbonyl (C=O) groups is 1. The molecule has 1 aromatic rings. The predicted octanol–water partition coefficient (Wildman–Crippen LogP) is 5.15. The highest BCUT2D eigenvalue weighted by molar-refractivity contribution is 9.10. The fraction of sp³-hybridized carbons (Fsp3) is 0.500. The van der Waals surface area contributed by atoms with Crippen molar-refractivity contribution in [1.82, 2.24) is 5.32 Å². The number of carbonyl (C=O) groups excluding carboxylic acids is 1. The van der Waals surface area contributed by atoms with Gasteiger partial charge >= 0.3 is 6.18 Å². The van der Waals surface area contributed by atoms with E-state index in [0.717, 1.165) is 6.07 Å². The van der Waals surface area contributed by atoms with E-state index in [9.17, 15) is 18.0 Å². The van der Waals surface area contributed by atoms with Crippen molar-refractivity contribution in [3.63, 3.8) is 0 Å². The van der Waals surface area contributed by atoms with Crippen LogP contribution in [-0.4, -0.2) is 16.8 Å². The summed E-state index contributed by atoms with van der Waals surface area (Å²) in [7, 11) is 0. The molecule has 1 aromatic carbocycles. The summed E-state index contributed by atoms with van der Waals surface area (Å²) in [6, 6.07) is 3.48. The van der Waals surface area contributed by atoms with Crippen LogP contribution in [0.1, 0.15) is 42.6 Å². The lowest BCUT2D eigenvalue weighted by molar-refractivity contribution is -0.138. The van der Waals surface area contributed by atoms with Crippen molar-refractivity contribution >= 4 is 37.8 Å². The summed E-state index contributed by atoms with van der Waals surface area (Å²) in [4.78, 5) is 12.2. The van der Waals surface area contributed by atoms with Crippen LogP contribution in [0.25, 0.3) is 0 Å². The first-order valence-corrected chi connectivity index (χ1v) is 8.29. The van der Waals surface area contributed by atoms with Crippen molar-refractivity contribution in [2.45, 2.75) is 38.4 Å². The highest BCUT2D eigenvalue weighted by Gasteiger charge is 2.34. The van der Waals surface area contributed by atoms with E-state index in [2.05, 4.69) is 37.2 Å². The molecule has 0 fully saturated rings. The molecule has 1 rings (SSSR count). The third-order valence-corrected chi connectivity index (χ3v) is 4.46. The lowest BCUT2D eigenvalue weighted by Gasteiger charge is -2.29. The van der Waals surface area contributed by atoms with Crippen molar-refractivity contribution in [2.24, 2.45) is 0 Å². The van der Waals surface area contributed by atoms with Gasteiger partial charge in [0.2, 0.25) is 0 Å². The molecule has 0 saturated heterocycles. The monoisotopic (exact) mass is 429 g/mol. The molecule has 0 heterocycles. The summed E-state index contributed by atoms with van der Waals surface area (Å²) in [5.74, 6) is -0.502. The second-order valence-corrected chi connectivity index (χ2v) is 6.65. The molecule has 0 aliphatic heterocycles. The Morgan fingerprint density at radius 2 is 1.95 bits per heavy atom. The summed E-state index contributed by atoms with van der Waals surface area (Å²) in [5, 5.41) is 3.51. The van der Waals surface area contributed by atoms with Crippen LogP contribution in [0.3, 0.4) is 0 Å². The van der Waals surface area contributed by atoms with Crippen molar-refractivity contribution in [1.29, 1.82) is 0 Å². The van der Waals surface area contributed by atoms with E-state index in [1.54, 1.807) is 0 Å². The maximum absolute atomic E-state index is 12.8. The highest BCUT2D eigenvalue weighted by atomic mass is 79.9. The maximum atomic E-state index is 12.8. The van der Waals surface area contributed by atoms with Gasteiger partial charge in [0.1, 0.15) is 0 Å². The van der Waals surface area contributed by atoms with Gasteiger partial charge < -0.3 is 5.32 Å². The van der Waals surface area contributed by atoms with E-state index in [1.165, 1.54) is 12.1 Å². The summed E-state index contributed by atoms with van der Waals surface area (Å²) < 4.78 is 38.5. The van der Waals surface area contributed by atoms with Gasteiger partial charge in [-0.05, 0) is 38.0 Å². The fourth-order valence-electron chi connectivity index (χ4n) is 1.77. The molecule has 0 aliphatic rings. The Morgan fingerprint density at radius 3 is 2.43 bits per heavy atom. The number of halogens is 5. The van der Waals surface area contributed by atoms with E-state index in [0.29, 0.717) is 18.2 Å². The normalized spacial score (nSPS) is 14.6. The first-order chi connectivity index (χ1) is 9.63. The van der Waals surface area contributed by atoms with Gasteiger partial charge in [-0.15, -0.1) is 0 Å². The quantitative estimate of drug-likeness (QED) is 0.643. The molecule has 1 atom stereocenters. The molecule has 1 N–H and O–H groups in total. The van der Waals surface area contributed by atoms with Gasteiger partial charge in [-0.25, -0.2) is 0 Å². The molecule has 21 heavy (non-hydrogen) atoms. The molecular weight excluding hydrogens is 415 g/mol. The first kappa shape index (κ1) is 18.5. The van der Waals surface area contributed by atoms with Crippen molar-refractivity contribution in [3.05, 3.63) is 33.8 Å². The van der Waals surface area contributed by atoms with Crippen LogP contribution >= 0.6 is 31.9 Å². The van der Waals surface area contributed by atoms with Crippen LogP contribution in [0.2, 0.25) is 0 Å². The fourth-order valence-corrected chi connectivity index (χ4v) is 3.11. The molecular formula is C14H16Br2F3NO. The minimum Gasteiger partial charge on any atom is -0.347 e. The average molecular weight is 431 g/mol. The minimum absolute atomic E-state index is 0.000211.